The van der Waals surface area contributed by atoms with Crippen molar-refractivity contribution in [2.75, 3.05) is 31.1 Å². The van der Waals surface area contributed by atoms with Crippen molar-refractivity contribution in [1.29, 1.82) is 0 Å². The lowest BCUT2D eigenvalue weighted by molar-refractivity contribution is 0.200. The van der Waals surface area contributed by atoms with E-state index in [-0.39, 0.29) is 6.17 Å². The monoisotopic (exact) mass is 207 g/mol. The van der Waals surface area contributed by atoms with Gasteiger partial charge >= 0.3 is 0 Å². The zero-order valence-corrected chi connectivity index (χ0v) is 9.00. The number of rotatable bonds is 2. The number of aromatic nitrogens is 2. The third kappa shape index (κ3) is 2.43. The van der Waals surface area contributed by atoms with E-state index in [4.69, 9.17) is 5.73 Å². The number of nitrogens with zero attached hydrogens (tertiary/aromatic N) is 4. The molecule has 2 rings (SSSR count). The highest BCUT2D eigenvalue weighted by molar-refractivity contribution is 5.35. The van der Waals surface area contributed by atoms with Crippen molar-refractivity contribution in [3.8, 4) is 0 Å². The van der Waals surface area contributed by atoms with Crippen LogP contribution in [0.4, 0.5) is 5.82 Å². The maximum atomic E-state index is 5.83. The maximum absolute atomic E-state index is 5.83. The highest BCUT2D eigenvalue weighted by Crippen LogP contribution is 2.11. The molecule has 0 spiro atoms. The molecule has 0 amide bonds. The van der Waals surface area contributed by atoms with Gasteiger partial charge in [-0.25, -0.2) is 4.98 Å². The Labute approximate surface area is 89.9 Å². The Morgan fingerprint density at radius 1 is 1.27 bits per heavy atom. The van der Waals surface area contributed by atoms with Crippen molar-refractivity contribution in [2.24, 2.45) is 5.73 Å². The molecule has 1 aromatic heterocycles. The Morgan fingerprint density at radius 3 is 2.53 bits per heavy atom. The van der Waals surface area contributed by atoms with Gasteiger partial charge in [-0.2, -0.15) is 0 Å². The number of nitrogens with two attached hydrogens (primary N) is 1. The summed E-state index contributed by atoms with van der Waals surface area (Å²) in [5.41, 5.74) is 5.83. The van der Waals surface area contributed by atoms with Gasteiger partial charge in [0.05, 0.1) is 12.4 Å². The summed E-state index contributed by atoms with van der Waals surface area (Å²) in [5.74, 6) is 0.960. The highest BCUT2D eigenvalue weighted by atomic mass is 15.3. The second kappa shape index (κ2) is 4.55. The van der Waals surface area contributed by atoms with E-state index in [2.05, 4.69) is 19.8 Å². The summed E-state index contributed by atoms with van der Waals surface area (Å²) >= 11 is 0. The highest BCUT2D eigenvalue weighted by Gasteiger charge is 2.19. The Hall–Kier alpha value is -1.20. The average Bonchev–Trinajstić information content (AvgIpc) is 2.30. The fraction of sp³-hybridized carbons (Fsp3) is 0.600. The molecule has 5 heteroatoms. The third-order valence-corrected chi connectivity index (χ3v) is 2.76. The first kappa shape index (κ1) is 10.3. The molecule has 0 radical (unpaired) electrons. The first-order valence-corrected chi connectivity index (χ1v) is 5.28. The number of hydrogen-bond acceptors (Lipinski definition) is 5. The number of piperazine rings is 1. The van der Waals surface area contributed by atoms with Crippen molar-refractivity contribution < 1.29 is 0 Å². The summed E-state index contributed by atoms with van der Waals surface area (Å²) in [4.78, 5) is 12.9. The van der Waals surface area contributed by atoms with Gasteiger partial charge in [0.15, 0.2) is 0 Å². The molecule has 1 aromatic rings. The van der Waals surface area contributed by atoms with E-state index in [1.807, 2.05) is 13.1 Å². The third-order valence-electron chi connectivity index (χ3n) is 2.76. The molecule has 0 saturated carbocycles. The van der Waals surface area contributed by atoms with E-state index in [9.17, 15) is 0 Å². The predicted octanol–water partition coefficient (Wildman–Crippen LogP) is -0.0967. The molecule has 0 aromatic carbocycles. The summed E-state index contributed by atoms with van der Waals surface area (Å²) in [6.07, 6.45) is 5.38. The van der Waals surface area contributed by atoms with Gasteiger partial charge in [-0.1, -0.05) is 0 Å². The fourth-order valence-electron chi connectivity index (χ4n) is 1.81. The predicted molar refractivity (Wildman–Crippen MR) is 59.5 cm³/mol. The number of anilines is 1. The van der Waals surface area contributed by atoms with Crippen LogP contribution in [-0.2, 0) is 0 Å². The Bertz CT molecular complexity index is 292. The van der Waals surface area contributed by atoms with E-state index in [1.54, 1.807) is 12.4 Å². The van der Waals surface area contributed by atoms with Gasteiger partial charge in [0.2, 0.25) is 0 Å². The molecular formula is C10H17N5. The topological polar surface area (TPSA) is 58.3 Å². The van der Waals surface area contributed by atoms with Gasteiger partial charge in [-0.3, -0.25) is 9.88 Å². The first-order valence-electron chi connectivity index (χ1n) is 5.28. The van der Waals surface area contributed by atoms with Crippen LogP contribution < -0.4 is 10.6 Å². The van der Waals surface area contributed by atoms with Gasteiger partial charge < -0.3 is 10.6 Å². The van der Waals surface area contributed by atoms with Crippen LogP contribution >= 0.6 is 0 Å². The van der Waals surface area contributed by atoms with Crippen molar-refractivity contribution >= 4 is 5.82 Å². The Morgan fingerprint density at radius 2 is 2.00 bits per heavy atom. The quantitative estimate of drug-likeness (QED) is 0.734. The molecule has 1 atom stereocenters. The lowest BCUT2D eigenvalue weighted by Crippen LogP contribution is -2.52. The van der Waals surface area contributed by atoms with Crippen LogP contribution in [0.2, 0.25) is 0 Å². The van der Waals surface area contributed by atoms with Crippen molar-refractivity contribution in [3.63, 3.8) is 0 Å². The molecule has 82 valence electrons. The molecule has 5 nitrogen and oxygen atoms in total. The second-order valence-corrected chi connectivity index (χ2v) is 3.83. The largest absolute Gasteiger partial charge is 0.353 e. The zero-order valence-electron chi connectivity index (χ0n) is 9.00. The van der Waals surface area contributed by atoms with Crippen LogP contribution in [0.15, 0.2) is 18.6 Å². The van der Waals surface area contributed by atoms with Gasteiger partial charge in [-0.05, 0) is 6.92 Å². The van der Waals surface area contributed by atoms with Crippen molar-refractivity contribution in [3.05, 3.63) is 18.6 Å². The minimum atomic E-state index is 0.147. The summed E-state index contributed by atoms with van der Waals surface area (Å²) in [7, 11) is 0. The molecule has 1 unspecified atom stereocenters. The van der Waals surface area contributed by atoms with Gasteiger partial charge in [0, 0.05) is 38.6 Å². The van der Waals surface area contributed by atoms with Gasteiger partial charge in [-0.15, -0.1) is 0 Å². The van der Waals surface area contributed by atoms with E-state index >= 15 is 0 Å². The van der Waals surface area contributed by atoms with Crippen LogP contribution in [0.25, 0.3) is 0 Å². The van der Waals surface area contributed by atoms with Crippen LogP contribution in [0.1, 0.15) is 6.92 Å². The summed E-state index contributed by atoms with van der Waals surface area (Å²) < 4.78 is 0. The second-order valence-electron chi connectivity index (χ2n) is 3.83. The Balaban J connectivity index is 1.94. The SMILES string of the molecule is CC(N)N1CCN(c2cnccn2)CC1. The van der Waals surface area contributed by atoms with Gasteiger partial charge in [0.25, 0.3) is 0 Å². The van der Waals surface area contributed by atoms with Crippen LogP contribution in [-0.4, -0.2) is 47.2 Å². The van der Waals surface area contributed by atoms with Crippen molar-refractivity contribution in [2.45, 2.75) is 13.1 Å². The lowest BCUT2D eigenvalue weighted by Gasteiger charge is -2.37. The minimum absolute atomic E-state index is 0.147. The van der Waals surface area contributed by atoms with Crippen LogP contribution in [0, 0.1) is 0 Å². The lowest BCUT2D eigenvalue weighted by atomic mass is 10.3. The Kier molecular flexibility index (Phi) is 3.13. The van der Waals surface area contributed by atoms with E-state index in [1.165, 1.54) is 0 Å². The molecule has 0 bridgehead atoms. The standard InChI is InChI=1S/C10H17N5/c1-9(11)14-4-6-15(7-5-14)10-8-12-2-3-13-10/h2-3,8-9H,4-7,11H2,1H3. The normalized spacial score (nSPS) is 20.3. The molecular weight excluding hydrogens is 190 g/mol. The first-order chi connectivity index (χ1) is 7.27. The molecule has 1 saturated heterocycles. The summed E-state index contributed by atoms with van der Waals surface area (Å²) in [5, 5.41) is 0. The number of hydrogen-bond donors (Lipinski definition) is 1. The van der Waals surface area contributed by atoms with Crippen molar-refractivity contribution in [1.82, 2.24) is 14.9 Å². The van der Waals surface area contributed by atoms with Crippen LogP contribution in [0.3, 0.4) is 0 Å². The maximum Gasteiger partial charge on any atom is 0.147 e. The molecule has 0 aliphatic carbocycles. The molecule has 1 aliphatic heterocycles. The summed E-state index contributed by atoms with van der Waals surface area (Å²) in [6, 6.07) is 0. The molecule has 15 heavy (non-hydrogen) atoms. The van der Waals surface area contributed by atoms with Crippen LogP contribution in [0.5, 0.6) is 0 Å². The van der Waals surface area contributed by atoms with E-state index < -0.39 is 0 Å². The molecule has 1 aliphatic rings. The zero-order chi connectivity index (χ0) is 10.7. The molecule has 2 N–H and O–H groups in total. The average molecular weight is 207 g/mol. The fourth-order valence-corrected chi connectivity index (χ4v) is 1.81. The summed E-state index contributed by atoms with van der Waals surface area (Å²) in [6.45, 7) is 5.96. The van der Waals surface area contributed by atoms with Gasteiger partial charge in [0.1, 0.15) is 5.82 Å². The molecule has 1 fully saturated rings. The van der Waals surface area contributed by atoms with E-state index in [0.29, 0.717) is 0 Å². The smallest absolute Gasteiger partial charge is 0.147 e. The van der Waals surface area contributed by atoms with E-state index in [0.717, 1.165) is 32.0 Å². The molecule has 2 heterocycles. The minimum Gasteiger partial charge on any atom is -0.353 e.